The second-order valence-corrected chi connectivity index (χ2v) is 3.89. The quantitative estimate of drug-likeness (QED) is 0.585. The van der Waals surface area contributed by atoms with Crippen molar-refractivity contribution in [2.45, 2.75) is 19.4 Å². The van der Waals surface area contributed by atoms with Gasteiger partial charge in [-0.3, -0.25) is 0 Å². The molecule has 0 bridgehead atoms. The van der Waals surface area contributed by atoms with E-state index in [1.165, 1.54) is 0 Å². The van der Waals surface area contributed by atoms with Gasteiger partial charge in [-0.1, -0.05) is 5.92 Å². The maximum Gasteiger partial charge on any atom is 0.163 e. The second-order valence-electron chi connectivity index (χ2n) is 3.07. The number of ether oxygens (including phenoxy) is 1. The molecule has 0 aliphatic rings. The number of terminal acetylenes is 1. The van der Waals surface area contributed by atoms with Gasteiger partial charge in [0.2, 0.25) is 0 Å². The lowest BCUT2D eigenvalue weighted by Crippen LogP contribution is -2.25. The molecule has 2 nitrogen and oxygen atoms in total. The lowest BCUT2D eigenvalue weighted by atomic mass is 10.1. The molecule has 1 aromatic heterocycles. The Balaban J connectivity index is 2.77. The molecule has 1 heterocycles. The summed E-state index contributed by atoms with van der Waals surface area (Å²) in [5, 5.41) is 0. The van der Waals surface area contributed by atoms with E-state index in [1.807, 2.05) is 26.0 Å². The molecule has 0 atom stereocenters. The smallest absolute Gasteiger partial charge is 0.163 e. The highest BCUT2D eigenvalue weighted by atomic mass is 79.9. The van der Waals surface area contributed by atoms with Crippen molar-refractivity contribution >= 4 is 15.9 Å². The molecule has 68 valence electrons. The maximum absolute atomic E-state index is 5.49. The first kappa shape index (κ1) is 10.1. The average molecular weight is 240 g/mol. The Labute approximate surface area is 86.5 Å². The molecule has 0 N–H and O–H groups in total. The number of hydrogen-bond donors (Lipinski definition) is 0. The fourth-order valence-electron chi connectivity index (χ4n) is 0.747. The monoisotopic (exact) mass is 239 g/mol. The molecule has 13 heavy (non-hydrogen) atoms. The molecule has 1 aromatic rings. The third kappa shape index (κ3) is 3.08. The molecule has 1 rings (SSSR count). The summed E-state index contributed by atoms with van der Waals surface area (Å²) in [6, 6.07) is 3.62. The number of hydrogen-bond acceptors (Lipinski definition) is 2. The van der Waals surface area contributed by atoms with E-state index in [0.29, 0.717) is 5.75 Å². The lowest BCUT2D eigenvalue weighted by molar-refractivity contribution is 0.172. The normalized spacial score (nSPS) is 10.6. The predicted molar refractivity (Wildman–Crippen MR) is 55.5 cm³/mol. The molecule has 0 spiro atoms. The van der Waals surface area contributed by atoms with Gasteiger partial charge >= 0.3 is 0 Å². The van der Waals surface area contributed by atoms with Crippen LogP contribution in [-0.4, -0.2) is 10.6 Å². The molecule has 0 saturated heterocycles. The first-order chi connectivity index (χ1) is 6.03. The van der Waals surface area contributed by atoms with Crippen LogP contribution in [0.5, 0.6) is 5.75 Å². The summed E-state index contributed by atoms with van der Waals surface area (Å²) >= 11 is 3.24. The van der Waals surface area contributed by atoms with E-state index in [9.17, 15) is 0 Å². The minimum Gasteiger partial charge on any atom is -0.474 e. The van der Waals surface area contributed by atoms with Crippen molar-refractivity contribution in [1.82, 2.24) is 4.98 Å². The standard InChI is InChI=1S/C10H10BrNO/c1-4-10(2,3)13-8-5-6-9(11)12-7-8/h1,5-7H,2-3H3. The van der Waals surface area contributed by atoms with Gasteiger partial charge < -0.3 is 4.74 Å². The Morgan fingerprint density at radius 2 is 2.23 bits per heavy atom. The van der Waals surface area contributed by atoms with E-state index in [2.05, 4.69) is 26.8 Å². The summed E-state index contributed by atoms with van der Waals surface area (Å²) in [6.45, 7) is 3.66. The van der Waals surface area contributed by atoms with E-state index in [1.54, 1.807) is 6.20 Å². The maximum atomic E-state index is 5.49. The van der Waals surface area contributed by atoms with Crippen LogP contribution in [0, 0.1) is 12.3 Å². The minimum absolute atomic E-state index is 0.588. The molecule has 0 fully saturated rings. The van der Waals surface area contributed by atoms with Gasteiger partial charge in [-0.2, -0.15) is 0 Å². The van der Waals surface area contributed by atoms with E-state index in [0.717, 1.165) is 4.60 Å². The third-order valence-corrected chi connectivity index (χ3v) is 1.89. The highest BCUT2D eigenvalue weighted by Gasteiger charge is 2.15. The van der Waals surface area contributed by atoms with Crippen molar-refractivity contribution in [2.24, 2.45) is 0 Å². The van der Waals surface area contributed by atoms with Crippen LogP contribution in [0.15, 0.2) is 22.9 Å². The van der Waals surface area contributed by atoms with E-state index in [-0.39, 0.29) is 0 Å². The van der Waals surface area contributed by atoms with Crippen molar-refractivity contribution in [3.8, 4) is 18.1 Å². The molecule has 0 aliphatic carbocycles. The Bertz CT molecular complexity index is 324. The van der Waals surface area contributed by atoms with Gasteiger partial charge in [0.15, 0.2) is 5.60 Å². The molecule has 0 aromatic carbocycles. The first-order valence-corrected chi connectivity index (χ1v) is 4.61. The molecule has 0 amide bonds. The molecule has 0 radical (unpaired) electrons. The zero-order valence-electron chi connectivity index (χ0n) is 7.54. The van der Waals surface area contributed by atoms with Crippen LogP contribution in [0.2, 0.25) is 0 Å². The predicted octanol–water partition coefficient (Wildman–Crippen LogP) is 2.63. The largest absolute Gasteiger partial charge is 0.474 e. The van der Waals surface area contributed by atoms with Crippen LogP contribution < -0.4 is 4.74 Å². The summed E-state index contributed by atoms with van der Waals surface area (Å²) in [5.74, 6) is 3.22. The summed E-state index contributed by atoms with van der Waals surface area (Å²) in [5.41, 5.74) is -0.588. The Hall–Kier alpha value is -1.01. The zero-order chi connectivity index (χ0) is 9.90. The Morgan fingerprint density at radius 3 is 2.69 bits per heavy atom. The van der Waals surface area contributed by atoms with Gasteiger partial charge in [0, 0.05) is 0 Å². The summed E-state index contributed by atoms with van der Waals surface area (Å²) < 4.78 is 6.26. The van der Waals surface area contributed by atoms with Crippen molar-refractivity contribution in [1.29, 1.82) is 0 Å². The number of aromatic nitrogens is 1. The Morgan fingerprint density at radius 1 is 1.54 bits per heavy atom. The fraction of sp³-hybridized carbons (Fsp3) is 0.300. The van der Waals surface area contributed by atoms with Crippen LogP contribution >= 0.6 is 15.9 Å². The van der Waals surface area contributed by atoms with Gasteiger partial charge in [0.05, 0.1) is 6.20 Å². The SMILES string of the molecule is C#CC(C)(C)Oc1ccc(Br)nc1. The topological polar surface area (TPSA) is 22.1 Å². The molecular formula is C10H10BrNO. The number of nitrogens with zero attached hydrogens (tertiary/aromatic N) is 1. The van der Waals surface area contributed by atoms with E-state index >= 15 is 0 Å². The second kappa shape index (κ2) is 3.80. The van der Waals surface area contributed by atoms with Crippen molar-refractivity contribution in [3.05, 3.63) is 22.9 Å². The van der Waals surface area contributed by atoms with Crippen molar-refractivity contribution in [2.75, 3.05) is 0 Å². The average Bonchev–Trinajstić information content (AvgIpc) is 2.09. The highest BCUT2D eigenvalue weighted by Crippen LogP contribution is 2.18. The number of pyridine rings is 1. The van der Waals surface area contributed by atoms with Crippen molar-refractivity contribution < 1.29 is 4.74 Å². The van der Waals surface area contributed by atoms with Gasteiger partial charge in [-0.15, -0.1) is 6.42 Å². The first-order valence-electron chi connectivity index (χ1n) is 3.82. The molecule has 0 aliphatic heterocycles. The number of rotatable bonds is 2. The summed E-state index contributed by atoms with van der Waals surface area (Å²) in [6.07, 6.45) is 6.91. The van der Waals surface area contributed by atoms with Crippen molar-refractivity contribution in [3.63, 3.8) is 0 Å². The molecule has 0 unspecified atom stereocenters. The van der Waals surface area contributed by atoms with E-state index < -0.39 is 5.60 Å². The summed E-state index contributed by atoms with van der Waals surface area (Å²) in [7, 11) is 0. The van der Waals surface area contributed by atoms with Crippen LogP contribution in [0.4, 0.5) is 0 Å². The van der Waals surface area contributed by atoms with Crippen LogP contribution in [0.1, 0.15) is 13.8 Å². The van der Waals surface area contributed by atoms with Gasteiger partial charge in [-0.05, 0) is 41.9 Å². The Kier molecular flexibility index (Phi) is 2.94. The summed E-state index contributed by atoms with van der Waals surface area (Å²) in [4.78, 5) is 4.02. The fourth-order valence-corrected chi connectivity index (χ4v) is 0.981. The zero-order valence-corrected chi connectivity index (χ0v) is 9.13. The highest BCUT2D eigenvalue weighted by molar-refractivity contribution is 9.10. The number of halogens is 1. The molecular weight excluding hydrogens is 230 g/mol. The van der Waals surface area contributed by atoms with Gasteiger partial charge in [0.1, 0.15) is 10.4 Å². The molecule has 0 saturated carbocycles. The molecule has 3 heteroatoms. The van der Waals surface area contributed by atoms with Crippen LogP contribution in [0.3, 0.4) is 0 Å². The van der Waals surface area contributed by atoms with E-state index in [4.69, 9.17) is 11.2 Å². The lowest BCUT2D eigenvalue weighted by Gasteiger charge is -2.19. The van der Waals surface area contributed by atoms with Gasteiger partial charge in [0.25, 0.3) is 0 Å². The van der Waals surface area contributed by atoms with Crippen LogP contribution in [-0.2, 0) is 0 Å². The van der Waals surface area contributed by atoms with Crippen LogP contribution in [0.25, 0.3) is 0 Å². The third-order valence-electron chi connectivity index (χ3n) is 1.42. The van der Waals surface area contributed by atoms with Gasteiger partial charge in [-0.25, -0.2) is 4.98 Å². The minimum atomic E-state index is -0.588.